The van der Waals surface area contributed by atoms with E-state index >= 15 is 0 Å². The SMILES string of the molecule is N=C1SC(Br)=N/C1=C/NPI. The van der Waals surface area contributed by atoms with Gasteiger partial charge in [0.25, 0.3) is 0 Å². The normalized spacial score (nSPS) is 21.8. The molecule has 0 aromatic heterocycles. The highest BCUT2D eigenvalue weighted by atomic mass is 127. The molecule has 0 saturated heterocycles. The summed E-state index contributed by atoms with van der Waals surface area (Å²) in [4.78, 5) is 4.08. The van der Waals surface area contributed by atoms with Crippen LogP contribution < -0.4 is 5.09 Å². The first-order chi connectivity index (χ1) is 5.24. The molecule has 0 fully saturated rings. The van der Waals surface area contributed by atoms with Crippen LogP contribution in [0.1, 0.15) is 0 Å². The van der Waals surface area contributed by atoms with E-state index in [0.29, 0.717) is 17.1 Å². The predicted molar refractivity (Wildman–Crippen MR) is 65.2 cm³/mol. The van der Waals surface area contributed by atoms with E-state index in [1.165, 1.54) is 11.8 Å². The molecule has 2 N–H and O–H groups in total. The Morgan fingerprint density at radius 3 is 3.00 bits per heavy atom. The summed E-state index contributed by atoms with van der Waals surface area (Å²) in [6.45, 7) is 0. The zero-order valence-electron chi connectivity index (χ0n) is 5.19. The van der Waals surface area contributed by atoms with E-state index in [2.05, 4.69) is 48.1 Å². The van der Waals surface area contributed by atoms with Crippen molar-refractivity contribution in [1.29, 1.82) is 5.41 Å². The Balaban J connectivity index is 2.65. The van der Waals surface area contributed by atoms with Gasteiger partial charge in [0.1, 0.15) is 14.7 Å². The van der Waals surface area contributed by atoms with Crippen molar-refractivity contribution >= 4 is 65.1 Å². The summed E-state index contributed by atoms with van der Waals surface area (Å²) in [5, 5.41) is 10.9. The smallest absolute Gasteiger partial charge is 0.146 e. The first-order valence-corrected chi connectivity index (χ1v) is 8.28. The maximum Gasteiger partial charge on any atom is 0.146 e. The number of rotatable bonds is 2. The Morgan fingerprint density at radius 1 is 1.82 bits per heavy atom. The molecule has 0 spiro atoms. The quantitative estimate of drug-likeness (QED) is 0.585. The molecule has 0 amide bonds. The molecule has 0 aliphatic carbocycles. The van der Waals surface area contributed by atoms with Gasteiger partial charge in [-0.25, -0.2) is 4.99 Å². The summed E-state index contributed by atoms with van der Waals surface area (Å²) in [5.41, 5.74) is 0.700. The van der Waals surface area contributed by atoms with Gasteiger partial charge in [0.05, 0.1) is 0 Å². The molecule has 1 atom stereocenters. The topological polar surface area (TPSA) is 48.2 Å². The van der Waals surface area contributed by atoms with Crippen molar-refractivity contribution in [2.24, 2.45) is 4.99 Å². The first kappa shape index (κ1) is 9.95. The Kier molecular flexibility index (Phi) is 4.33. The van der Waals surface area contributed by atoms with Gasteiger partial charge >= 0.3 is 0 Å². The van der Waals surface area contributed by atoms with E-state index in [-0.39, 0.29) is 0 Å². The molecule has 7 heteroatoms. The van der Waals surface area contributed by atoms with Gasteiger partial charge in [0.2, 0.25) is 0 Å². The van der Waals surface area contributed by atoms with Crippen LogP contribution in [0, 0.1) is 5.41 Å². The summed E-state index contributed by atoms with van der Waals surface area (Å²) in [7, 11) is 0. The first-order valence-electron chi connectivity index (χ1n) is 2.56. The van der Waals surface area contributed by atoms with E-state index in [1.54, 1.807) is 6.20 Å². The molecule has 0 bridgehead atoms. The highest BCUT2D eigenvalue weighted by Gasteiger charge is 2.15. The molecule has 0 aromatic rings. The Morgan fingerprint density at radius 2 is 2.55 bits per heavy atom. The van der Waals surface area contributed by atoms with Gasteiger partial charge < -0.3 is 5.09 Å². The molecule has 1 aliphatic rings. The Bertz CT molecular complexity index is 241. The van der Waals surface area contributed by atoms with Crippen molar-refractivity contribution in [3.05, 3.63) is 11.9 Å². The molecular formula is C4H4BrIN3PS. The molecule has 1 aliphatic heterocycles. The second-order valence-electron chi connectivity index (χ2n) is 1.56. The van der Waals surface area contributed by atoms with Crippen molar-refractivity contribution in [3.63, 3.8) is 0 Å². The van der Waals surface area contributed by atoms with Gasteiger partial charge in [-0.15, -0.1) is 0 Å². The summed E-state index contributed by atoms with van der Waals surface area (Å²) >= 11 is 6.76. The highest BCUT2D eigenvalue weighted by molar-refractivity contribution is 14.2. The van der Waals surface area contributed by atoms with Crippen molar-refractivity contribution in [2.45, 2.75) is 0 Å². The van der Waals surface area contributed by atoms with Gasteiger partial charge in [-0.05, 0) is 49.7 Å². The average Bonchev–Trinajstić information content (AvgIpc) is 2.26. The fourth-order valence-electron chi connectivity index (χ4n) is 0.498. The highest BCUT2D eigenvalue weighted by Crippen LogP contribution is 2.27. The second-order valence-corrected chi connectivity index (χ2v) is 5.94. The van der Waals surface area contributed by atoms with Gasteiger partial charge in [-0.2, -0.15) is 0 Å². The van der Waals surface area contributed by atoms with Crippen LogP contribution in [0.5, 0.6) is 0 Å². The third-order valence-electron chi connectivity index (χ3n) is 0.891. The second kappa shape index (κ2) is 4.79. The van der Waals surface area contributed by atoms with Gasteiger partial charge in [-0.3, -0.25) is 5.41 Å². The summed E-state index contributed by atoms with van der Waals surface area (Å²) in [5.74, 6) is 0. The molecule has 0 aromatic carbocycles. The monoisotopic (exact) mass is 363 g/mol. The number of halogens is 2. The van der Waals surface area contributed by atoms with E-state index < -0.39 is 0 Å². The Hall–Kier alpha value is 0.870. The van der Waals surface area contributed by atoms with E-state index in [0.717, 1.165) is 3.95 Å². The molecule has 1 unspecified atom stereocenters. The minimum atomic E-state index is 0.485. The Labute approximate surface area is 91.8 Å². The number of aliphatic imine (C=N–C) groups is 1. The number of hydrogen-bond donors (Lipinski definition) is 2. The minimum absolute atomic E-state index is 0.485. The molecule has 11 heavy (non-hydrogen) atoms. The average molecular weight is 364 g/mol. The minimum Gasteiger partial charge on any atom is -0.363 e. The van der Waals surface area contributed by atoms with Gasteiger partial charge in [-0.1, -0.05) is 0 Å². The van der Waals surface area contributed by atoms with Crippen LogP contribution in [0.3, 0.4) is 0 Å². The number of hydrogen-bond acceptors (Lipinski definition) is 4. The van der Waals surface area contributed by atoms with E-state index in [1.807, 2.05) is 0 Å². The zero-order valence-corrected chi connectivity index (χ0v) is 10.7. The van der Waals surface area contributed by atoms with Crippen molar-refractivity contribution in [1.82, 2.24) is 5.09 Å². The van der Waals surface area contributed by atoms with Crippen LogP contribution >= 0.6 is 56.1 Å². The summed E-state index contributed by atoms with van der Waals surface area (Å²) < 4.78 is 0.757. The van der Waals surface area contributed by atoms with Crippen LogP contribution in [0.25, 0.3) is 0 Å². The molecule has 60 valence electrons. The third kappa shape index (κ3) is 3.01. The van der Waals surface area contributed by atoms with Crippen molar-refractivity contribution in [3.8, 4) is 0 Å². The number of thioether (sulfide) groups is 1. The fraction of sp³-hybridized carbons (Fsp3) is 0. The van der Waals surface area contributed by atoms with Gasteiger partial charge in [0.15, 0.2) is 0 Å². The summed E-state index contributed by atoms with van der Waals surface area (Å²) in [6, 6.07) is 0. The number of nitrogens with zero attached hydrogens (tertiary/aromatic N) is 1. The molecule has 0 radical (unpaired) electrons. The van der Waals surface area contributed by atoms with Crippen LogP contribution in [0.4, 0.5) is 0 Å². The molecule has 1 rings (SSSR count). The molecule has 1 heterocycles. The van der Waals surface area contributed by atoms with Crippen LogP contribution in [-0.2, 0) is 0 Å². The maximum absolute atomic E-state index is 7.43. The molecular weight excluding hydrogens is 360 g/mol. The van der Waals surface area contributed by atoms with E-state index in [4.69, 9.17) is 5.41 Å². The van der Waals surface area contributed by atoms with Crippen LogP contribution in [-0.4, -0.2) is 9.00 Å². The van der Waals surface area contributed by atoms with Crippen molar-refractivity contribution < 1.29 is 0 Å². The number of nitrogens with one attached hydrogen (secondary N) is 2. The fourth-order valence-corrected chi connectivity index (χ4v) is 2.35. The summed E-state index contributed by atoms with van der Waals surface area (Å²) in [6.07, 6.45) is 2.38. The zero-order chi connectivity index (χ0) is 8.27. The van der Waals surface area contributed by atoms with Crippen LogP contribution in [0.2, 0.25) is 0 Å². The molecule has 3 nitrogen and oxygen atoms in total. The van der Waals surface area contributed by atoms with Gasteiger partial charge in [0, 0.05) is 12.6 Å². The standard InChI is InChI=1S/C4H4BrIN3PS/c5-4-9-2(1-8-10-6)3(7)11-4/h1,7-8,10H/b2-1+,7-3?. The predicted octanol–water partition coefficient (Wildman–Crippen LogP) is 2.84. The third-order valence-corrected chi connectivity index (χ3v) is 3.41. The lowest BCUT2D eigenvalue weighted by Gasteiger charge is -1.93. The van der Waals surface area contributed by atoms with E-state index in [9.17, 15) is 0 Å². The maximum atomic E-state index is 7.43. The lowest BCUT2D eigenvalue weighted by atomic mass is 10.5. The molecule has 0 saturated carbocycles. The van der Waals surface area contributed by atoms with Crippen molar-refractivity contribution in [2.75, 3.05) is 0 Å². The lowest BCUT2D eigenvalue weighted by Crippen LogP contribution is -1.92. The lowest BCUT2D eigenvalue weighted by molar-refractivity contribution is 1.33. The van der Waals surface area contributed by atoms with Crippen LogP contribution in [0.15, 0.2) is 16.9 Å². The largest absolute Gasteiger partial charge is 0.363 e.